The second kappa shape index (κ2) is 7.01. The molecule has 1 atom stereocenters. The number of rotatable bonds is 4. The molecule has 1 aliphatic heterocycles. The van der Waals surface area contributed by atoms with Crippen molar-refractivity contribution in [2.75, 3.05) is 18.0 Å². The van der Waals surface area contributed by atoms with Crippen LogP contribution in [0.4, 0.5) is 5.82 Å². The normalized spacial score (nSPS) is 17.6. The number of piperidine rings is 1. The summed E-state index contributed by atoms with van der Waals surface area (Å²) in [4.78, 5) is 20.4. The van der Waals surface area contributed by atoms with Gasteiger partial charge < -0.3 is 9.47 Å². The van der Waals surface area contributed by atoms with Crippen LogP contribution in [0.1, 0.15) is 18.5 Å². The number of hydrogen-bond acceptors (Lipinski definition) is 5. The van der Waals surface area contributed by atoms with E-state index in [1.165, 1.54) is 12.8 Å². The Labute approximate surface area is 147 Å². The quantitative estimate of drug-likeness (QED) is 0.734. The van der Waals surface area contributed by atoms with Gasteiger partial charge in [-0.25, -0.2) is 15.0 Å². The minimum atomic E-state index is 0.587. The van der Waals surface area contributed by atoms with Gasteiger partial charge in [-0.15, -0.1) is 0 Å². The SMILES string of the molecule is Cn1ccnc1-c1cnc(C[C@@H]2CCCN(c3ccccn3)C2)cn1. The molecule has 6 nitrogen and oxygen atoms in total. The first-order chi connectivity index (χ1) is 12.3. The minimum Gasteiger partial charge on any atom is -0.356 e. The van der Waals surface area contributed by atoms with Gasteiger partial charge in [0.2, 0.25) is 0 Å². The van der Waals surface area contributed by atoms with Crippen molar-refractivity contribution in [1.29, 1.82) is 0 Å². The molecule has 1 fully saturated rings. The highest BCUT2D eigenvalue weighted by Crippen LogP contribution is 2.24. The zero-order valence-electron chi connectivity index (χ0n) is 14.4. The number of pyridine rings is 1. The number of hydrogen-bond donors (Lipinski definition) is 0. The molecule has 0 amide bonds. The molecule has 128 valence electrons. The molecule has 0 unspecified atom stereocenters. The summed E-state index contributed by atoms with van der Waals surface area (Å²) in [6.07, 6.45) is 12.7. The van der Waals surface area contributed by atoms with Gasteiger partial charge in [-0.1, -0.05) is 6.07 Å². The molecule has 4 heterocycles. The Kier molecular flexibility index (Phi) is 4.41. The van der Waals surface area contributed by atoms with E-state index in [1.807, 2.05) is 48.5 Å². The number of aryl methyl sites for hydroxylation is 1. The summed E-state index contributed by atoms with van der Waals surface area (Å²) in [7, 11) is 1.96. The van der Waals surface area contributed by atoms with Crippen molar-refractivity contribution < 1.29 is 0 Å². The number of imidazole rings is 1. The summed E-state index contributed by atoms with van der Waals surface area (Å²) in [5, 5.41) is 0. The molecule has 1 saturated heterocycles. The third kappa shape index (κ3) is 3.52. The van der Waals surface area contributed by atoms with Crippen LogP contribution in [-0.2, 0) is 13.5 Å². The van der Waals surface area contributed by atoms with E-state index >= 15 is 0 Å². The van der Waals surface area contributed by atoms with Crippen LogP contribution in [0, 0.1) is 5.92 Å². The van der Waals surface area contributed by atoms with Gasteiger partial charge in [-0.2, -0.15) is 0 Å². The zero-order chi connectivity index (χ0) is 17.1. The van der Waals surface area contributed by atoms with Crippen LogP contribution in [-0.4, -0.2) is 37.6 Å². The first kappa shape index (κ1) is 15.7. The van der Waals surface area contributed by atoms with Gasteiger partial charge >= 0.3 is 0 Å². The Bertz CT molecular complexity index is 811. The first-order valence-electron chi connectivity index (χ1n) is 8.74. The van der Waals surface area contributed by atoms with Gasteiger partial charge in [0, 0.05) is 44.9 Å². The van der Waals surface area contributed by atoms with Crippen LogP contribution < -0.4 is 4.90 Å². The lowest BCUT2D eigenvalue weighted by molar-refractivity contribution is 0.408. The fraction of sp³-hybridized carbons (Fsp3) is 0.368. The molecule has 1 aliphatic rings. The topological polar surface area (TPSA) is 59.7 Å². The molecular formula is C19H22N6. The number of anilines is 1. The highest BCUT2D eigenvalue weighted by Gasteiger charge is 2.21. The Morgan fingerprint density at radius 2 is 2.04 bits per heavy atom. The monoisotopic (exact) mass is 334 g/mol. The second-order valence-corrected chi connectivity index (χ2v) is 6.60. The van der Waals surface area contributed by atoms with E-state index in [1.54, 1.807) is 6.20 Å². The lowest BCUT2D eigenvalue weighted by Gasteiger charge is -2.33. The number of aromatic nitrogens is 5. The smallest absolute Gasteiger partial charge is 0.159 e. The first-order valence-corrected chi connectivity index (χ1v) is 8.74. The summed E-state index contributed by atoms with van der Waals surface area (Å²) in [6, 6.07) is 6.10. The summed E-state index contributed by atoms with van der Waals surface area (Å²) < 4.78 is 1.95. The van der Waals surface area contributed by atoms with Gasteiger partial charge in [-0.3, -0.25) is 4.98 Å². The van der Waals surface area contributed by atoms with E-state index in [9.17, 15) is 0 Å². The Morgan fingerprint density at radius 3 is 2.76 bits per heavy atom. The molecule has 0 saturated carbocycles. The van der Waals surface area contributed by atoms with E-state index in [-0.39, 0.29) is 0 Å². The largest absolute Gasteiger partial charge is 0.356 e. The third-order valence-corrected chi connectivity index (χ3v) is 4.75. The molecule has 0 aliphatic carbocycles. The van der Waals surface area contributed by atoms with Crippen LogP contribution in [0.2, 0.25) is 0 Å². The van der Waals surface area contributed by atoms with E-state index in [0.29, 0.717) is 5.92 Å². The van der Waals surface area contributed by atoms with Crippen molar-refractivity contribution in [3.63, 3.8) is 0 Å². The Hall–Kier alpha value is -2.76. The maximum absolute atomic E-state index is 4.62. The molecule has 0 spiro atoms. The predicted octanol–water partition coefficient (Wildman–Crippen LogP) is 2.73. The zero-order valence-corrected chi connectivity index (χ0v) is 14.4. The third-order valence-electron chi connectivity index (χ3n) is 4.75. The van der Waals surface area contributed by atoms with Gasteiger partial charge in [0.25, 0.3) is 0 Å². The molecule has 4 rings (SSSR count). The highest BCUT2D eigenvalue weighted by molar-refractivity contribution is 5.47. The predicted molar refractivity (Wildman–Crippen MR) is 97.1 cm³/mol. The summed E-state index contributed by atoms with van der Waals surface area (Å²) >= 11 is 0. The van der Waals surface area contributed by atoms with Crippen molar-refractivity contribution in [1.82, 2.24) is 24.5 Å². The second-order valence-electron chi connectivity index (χ2n) is 6.60. The van der Waals surface area contributed by atoms with Crippen LogP contribution in [0.15, 0.2) is 49.2 Å². The van der Waals surface area contributed by atoms with E-state index in [0.717, 1.165) is 42.5 Å². The molecule has 0 bridgehead atoms. The molecule has 25 heavy (non-hydrogen) atoms. The van der Waals surface area contributed by atoms with E-state index < -0.39 is 0 Å². The maximum atomic E-state index is 4.62. The molecule has 6 heteroatoms. The van der Waals surface area contributed by atoms with Crippen LogP contribution >= 0.6 is 0 Å². The van der Waals surface area contributed by atoms with Crippen molar-refractivity contribution in [2.45, 2.75) is 19.3 Å². The maximum Gasteiger partial charge on any atom is 0.159 e. The molecule has 0 N–H and O–H groups in total. The van der Waals surface area contributed by atoms with Crippen molar-refractivity contribution in [3.05, 3.63) is 54.9 Å². The van der Waals surface area contributed by atoms with Gasteiger partial charge in [0.05, 0.1) is 11.9 Å². The standard InChI is InChI=1S/C19H22N6/c1-24-10-8-21-19(24)17-13-22-16(12-23-17)11-15-5-4-9-25(14-15)18-6-2-3-7-20-18/h2-3,6-8,10,12-13,15H,4-5,9,11,14H2,1H3/t15-/m0/s1. The van der Waals surface area contributed by atoms with Gasteiger partial charge in [-0.05, 0) is 37.3 Å². The molecule has 0 aromatic carbocycles. The van der Waals surface area contributed by atoms with Gasteiger partial charge in [0.15, 0.2) is 5.82 Å². The fourth-order valence-electron chi connectivity index (χ4n) is 3.46. The molecular weight excluding hydrogens is 312 g/mol. The van der Waals surface area contributed by atoms with E-state index in [4.69, 9.17) is 0 Å². The minimum absolute atomic E-state index is 0.587. The summed E-state index contributed by atoms with van der Waals surface area (Å²) in [5.41, 5.74) is 1.86. The van der Waals surface area contributed by atoms with Crippen LogP contribution in [0.3, 0.4) is 0 Å². The number of nitrogens with zero attached hydrogens (tertiary/aromatic N) is 6. The lowest BCUT2D eigenvalue weighted by atomic mass is 9.93. The molecule has 3 aromatic rings. The van der Waals surface area contributed by atoms with Crippen molar-refractivity contribution in [2.24, 2.45) is 13.0 Å². The van der Waals surface area contributed by atoms with Crippen LogP contribution in [0.5, 0.6) is 0 Å². The summed E-state index contributed by atoms with van der Waals surface area (Å²) in [6.45, 7) is 2.11. The van der Waals surface area contributed by atoms with E-state index in [2.05, 4.69) is 30.9 Å². The van der Waals surface area contributed by atoms with Crippen molar-refractivity contribution >= 4 is 5.82 Å². The molecule has 0 radical (unpaired) electrons. The average Bonchev–Trinajstić information content (AvgIpc) is 3.09. The molecule has 3 aromatic heterocycles. The lowest BCUT2D eigenvalue weighted by Crippen LogP contribution is -2.36. The van der Waals surface area contributed by atoms with Crippen molar-refractivity contribution in [3.8, 4) is 11.5 Å². The fourth-order valence-corrected chi connectivity index (χ4v) is 3.46. The highest BCUT2D eigenvalue weighted by atomic mass is 15.2. The van der Waals surface area contributed by atoms with Crippen LogP contribution in [0.25, 0.3) is 11.5 Å². The Balaban J connectivity index is 1.42. The average molecular weight is 334 g/mol. The van der Waals surface area contributed by atoms with Gasteiger partial charge in [0.1, 0.15) is 11.5 Å². The Morgan fingerprint density at radius 1 is 1.08 bits per heavy atom. The summed E-state index contributed by atoms with van der Waals surface area (Å²) in [5.74, 6) is 2.51.